The molecule has 20 heavy (non-hydrogen) atoms. The van der Waals surface area contributed by atoms with Crippen LogP contribution >= 0.6 is 11.6 Å². The molecule has 3 aromatic rings. The van der Waals surface area contributed by atoms with Gasteiger partial charge < -0.3 is 9.30 Å². The molecule has 0 aliphatic carbocycles. The lowest BCUT2D eigenvalue weighted by Gasteiger charge is -2.00. The fourth-order valence-corrected chi connectivity index (χ4v) is 2.91. The van der Waals surface area contributed by atoms with E-state index in [9.17, 15) is 4.79 Å². The van der Waals surface area contributed by atoms with Crippen LogP contribution in [0.4, 0.5) is 0 Å². The minimum absolute atomic E-state index is 0.0913. The standard InChI is InChI=1S/C16H14ClNO2/c1-3-18-13-7-5-4-6-10(13)11-8-15(20-2)12(17)9-14(19)16(11)18/h4-9H,3H2,1-2H3. The minimum Gasteiger partial charge on any atom is -0.495 e. The number of aromatic nitrogens is 1. The highest BCUT2D eigenvalue weighted by Crippen LogP contribution is 2.31. The van der Waals surface area contributed by atoms with E-state index in [4.69, 9.17) is 16.3 Å². The molecule has 1 heterocycles. The third-order valence-corrected chi connectivity index (χ3v) is 3.84. The molecule has 0 aliphatic rings. The number of hydrogen-bond acceptors (Lipinski definition) is 2. The highest BCUT2D eigenvalue weighted by Gasteiger charge is 2.13. The highest BCUT2D eigenvalue weighted by atomic mass is 35.5. The number of benzene rings is 1. The largest absolute Gasteiger partial charge is 0.495 e. The number of hydrogen-bond donors (Lipinski definition) is 0. The summed E-state index contributed by atoms with van der Waals surface area (Å²) >= 11 is 6.11. The van der Waals surface area contributed by atoms with Gasteiger partial charge >= 0.3 is 0 Å². The summed E-state index contributed by atoms with van der Waals surface area (Å²) in [7, 11) is 1.55. The lowest BCUT2D eigenvalue weighted by molar-refractivity contribution is 0.416. The Balaban J connectivity index is 2.66. The van der Waals surface area contributed by atoms with E-state index in [0.717, 1.165) is 22.8 Å². The average molecular weight is 288 g/mol. The quantitative estimate of drug-likeness (QED) is 0.717. The molecular formula is C16H14ClNO2. The highest BCUT2D eigenvalue weighted by molar-refractivity contribution is 6.32. The van der Waals surface area contributed by atoms with Gasteiger partial charge in [0.1, 0.15) is 5.75 Å². The van der Waals surface area contributed by atoms with E-state index in [1.54, 1.807) is 7.11 Å². The van der Waals surface area contributed by atoms with Crippen molar-refractivity contribution in [2.45, 2.75) is 13.5 Å². The van der Waals surface area contributed by atoms with Gasteiger partial charge in [-0.25, -0.2) is 0 Å². The van der Waals surface area contributed by atoms with Crippen LogP contribution in [0.1, 0.15) is 6.92 Å². The van der Waals surface area contributed by atoms with E-state index < -0.39 is 0 Å². The van der Waals surface area contributed by atoms with E-state index in [-0.39, 0.29) is 5.43 Å². The molecule has 1 aromatic heterocycles. The van der Waals surface area contributed by atoms with Crippen molar-refractivity contribution < 1.29 is 4.74 Å². The van der Waals surface area contributed by atoms with E-state index in [2.05, 4.69) is 0 Å². The molecule has 0 saturated carbocycles. The summed E-state index contributed by atoms with van der Waals surface area (Å²) in [6.07, 6.45) is 0. The Kier molecular flexibility index (Phi) is 3.14. The summed E-state index contributed by atoms with van der Waals surface area (Å²) < 4.78 is 7.30. The number of rotatable bonds is 2. The molecule has 0 bridgehead atoms. The van der Waals surface area contributed by atoms with E-state index in [1.807, 2.05) is 41.8 Å². The van der Waals surface area contributed by atoms with Gasteiger partial charge in [-0.3, -0.25) is 4.79 Å². The van der Waals surface area contributed by atoms with Crippen LogP contribution in [0.5, 0.6) is 5.75 Å². The lowest BCUT2D eigenvalue weighted by Crippen LogP contribution is -2.03. The predicted molar refractivity (Wildman–Crippen MR) is 83.0 cm³/mol. The van der Waals surface area contributed by atoms with Gasteiger partial charge in [-0.2, -0.15) is 0 Å². The van der Waals surface area contributed by atoms with E-state index in [1.165, 1.54) is 6.07 Å². The average Bonchev–Trinajstić information content (AvgIpc) is 2.71. The molecule has 0 aliphatic heterocycles. The number of ether oxygens (including phenoxy) is 1. The summed E-state index contributed by atoms with van der Waals surface area (Å²) in [5, 5.41) is 2.24. The van der Waals surface area contributed by atoms with Crippen molar-refractivity contribution in [1.82, 2.24) is 4.57 Å². The Labute approximate surface area is 121 Å². The predicted octanol–water partition coefficient (Wildman–Crippen LogP) is 3.84. The molecule has 0 spiro atoms. The fraction of sp³-hybridized carbons (Fsp3) is 0.188. The smallest absolute Gasteiger partial charge is 0.204 e. The number of para-hydroxylation sites is 1. The zero-order valence-electron chi connectivity index (χ0n) is 11.3. The van der Waals surface area contributed by atoms with Crippen LogP contribution in [0.2, 0.25) is 5.02 Å². The van der Waals surface area contributed by atoms with Crippen molar-refractivity contribution in [2.75, 3.05) is 7.11 Å². The summed E-state index contributed by atoms with van der Waals surface area (Å²) in [5.74, 6) is 0.512. The van der Waals surface area contributed by atoms with Gasteiger partial charge in [-0.05, 0) is 19.1 Å². The van der Waals surface area contributed by atoms with Crippen LogP contribution < -0.4 is 10.2 Å². The number of nitrogens with zero attached hydrogens (tertiary/aromatic N) is 1. The molecule has 4 heteroatoms. The zero-order valence-corrected chi connectivity index (χ0v) is 12.1. The Morgan fingerprint density at radius 3 is 2.65 bits per heavy atom. The fourth-order valence-electron chi connectivity index (χ4n) is 2.68. The Morgan fingerprint density at radius 1 is 1.20 bits per heavy atom. The lowest BCUT2D eigenvalue weighted by atomic mass is 10.2. The molecule has 0 fully saturated rings. The molecule has 3 nitrogen and oxygen atoms in total. The first-order valence-corrected chi connectivity index (χ1v) is 6.84. The van der Waals surface area contributed by atoms with Gasteiger partial charge in [-0.15, -0.1) is 0 Å². The van der Waals surface area contributed by atoms with Crippen LogP contribution in [0.25, 0.3) is 21.8 Å². The maximum absolute atomic E-state index is 12.5. The van der Waals surface area contributed by atoms with Crippen LogP contribution in [0.15, 0.2) is 41.2 Å². The first-order valence-electron chi connectivity index (χ1n) is 6.46. The van der Waals surface area contributed by atoms with Crippen LogP contribution in [0, 0.1) is 0 Å². The van der Waals surface area contributed by atoms with Gasteiger partial charge in [0.25, 0.3) is 0 Å². The van der Waals surface area contributed by atoms with Crippen LogP contribution in [-0.2, 0) is 6.54 Å². The second kappa shape index (κ2) is 4.84. The van der Waals surface area contributed by atoms with E-state index >= 15 is 0 Å². The Morgan fingerprint density at radius 2 is 1.95 bits per heavy atom. The first-order chi connectivity index (χ1) is 9.67. The zero-order chi connectivity index (χ0) is 14.3. The van der Waals surface area contributed by atoms with Crippen molar-refractivity contribution in [2.24, 2.45) is 0 Å². The van der Waals surface area contributed by atoms with Crippen LogP contribution in [0.3, 0.4) is 0 Å². The number of halogens is 1. The number of aryl methyl sites for hydroxylation is 1. The monoisotopic (exact) mass is 287 g/mol. The van der Waals surface area contributed by atoms with Gasteiger partial charge in [0.2, 0.25) is 5.43 Å². The van der Waals surface area contributed by atoms with Crippen molar-refractivity contribution in [1.29, 1.82) is 0 Å². The Bertz CT molecular complexity index is 868. The summed E-state index contributed by atoms with van der Waals surface area (Å²) in [5.41, 5.74) is 1.62. The Hall–Kier alpha value is -2.00. The minimum atomic E-state index is -0.0913. The van der Waals surface area contributed by atoms with Gasteiger partial charge in [0, 0.05) is 28.9 Å². The third-order valence-electron chi connectivity index (χ3n) is 3.55. The molecule has 0 atom stereocenters. The maximum Gasteiger partial charge on any atom is 0.204 e. The molecular weight excluding hydrogens is 274 g/mol. The topological polar surface area (TPSA) is 31.2 Å². The summed E-state index contributed by atoms with van der Waals surface area (Å²) in [6.45, 7) is 2.75. The molecule has 0 radical (unpaired) electrons. The molecule has 2 aromatic carbocycles. The van der Waals surface area contributed by atoms with Gasteiger partial charge in [-0.1, -0.05) is 29.8 Å². The molecule has 0 N–H and O–H groups in total. The maximum atomic E-state index is 12.5. The summed E-state index contributed by atoms with van der Waals surface area (Å²) in [4.78, 5) is 12.5. The molecule has 0 amide bonds. The SMILES string of the molecule is CCn1c2ccccc2c2cc(OC)c(Cl)cc(=O)c21. The number of fused-ring (bicyclic) bond motifs is 3. The van der Waals surface area contributed by atoms with Crippen molar-refractivity contribution in [3.05, 3.63) is 51.6 Å². The third kappa shape index (κ3) is 1.78. The van der Waals surface area contributed by atoms with Crippen molar-refractivity contribution >= 4 is 33.4 Å². The van der Waals surface area contributed by atoms with Gasteiger partial charge in [0.15, 0.2) is 0 Å². The van der Waals surface area contributed by atoms with E-state index in [0.29, 0.717) is 16.3 Å². The van der Waals surface area contributed by atoms with Crippen molar-refractivity contribution in [3.63, 3.8) is 0 Å². The number of methoxy groups -OCH3 is 1. The second-order valence-electron chi connectivity index (χ2n) is 4.59. The van der Waals surface area contributed by atoms with Crippen molar-refractivity contribution in [3.8, 4) is 5.75 Å². The molecule has 3 rings (SSSR count). The normalized spacial score (nSPS) is 11.2. The molecule has 102 valence electrons. The van der Waals surface area contributed by atoms with Crippen LogP contribution in [-0.4, -0.2) is 11.7 Å². The van der Waals surface area contributed by atoms with Gasteiger partial charge in [0.05, 0.1) is 17.6 Å². The first kappa shape index (κ1) is 13.0. The molecule has 0 saturated heterocycles. The molecule has 0 unspecified atom stereocenters. The summed E-state index contributed by atoms with van der Waals surface area (Å²) in [6, 6.07) is 11.2. The second-order valence-corrected chi connectivity index (χ2v) is 5.00.